The van der Waals surface area contributed by atoms with Gasteiger partial charge in [0, 0.05) is 12.0 Å². The van der Waals surface area contributed by atoms with Crippen LogP contribution < -0.4 is 4.74 Å². The zero-order valence-corrected chi connectivity index (χ0v) is 11.0. The number of carbonyl (C=O) groups excluding carboxylic acids is 1. The van der Waals surface area contributed by atoms with Crippen molar-refractivity contribution in [3.8, 4) is 5.75 Å². The summed E-state index contributed by atoms with van der Waals surface area (Å²) in [5, 5.41) is 0. The van der Waals surface area contributed by atoms with Gasteiger partial charge in [0.15, 0.2) is 17.4 Å². The summed E-state index contributed by atoms with van der Waals surface area (Å²) in [6.07, 6.45) is 0.702. The molecule has 0 aliphatic carbocycles. The number of rotatable bonds is 5. The minimum atomic E-state index is -1.01. The van der Waals surface area contributed by atoms with Crippen molar-refractivity contribution in [1.82, 2.24) is 0 Å². The van der Waals surface area contributed by atoms with Crippen LogP contribution in [0.5, 0.6) is 5.75 Å². The molecule has 2 aromatic rings. The number of para-hydroxylation sites is 1. The second-order valence-corrected chi connectivity index (χ2v) is 4.36. The zero-order valence-electron chi connectivity index (χ0n) is 11.0. The fraction of sp³-hybridized carbons (Fsp3) is 0.188. The number of hydrogen-bond acceptors (Lipinski definition) is 2. The van der Waals surface area contributed by atoms with Crippen LogP contribution in [0, 0.1) is 11.6 Å². The van der Waals surface area contributed by atoms with Gasteiger partial charge >= 0.3 is 0 Å². The number of methoxy groups -OCH3 is 1. The largest absolute Gasteiger partial charge is 0.496 e. The normalized spacial score (nSPS) is 10.3. The summed E-state index contributed by atoms with van der Waals surface area (Å²) in [4.78, 5) is 12.0. The van der Waals surface area contributed by atoms with E-state index in [1.165, 1.54) is 6.07 Å². The highest BCUT2D eigenvalue weighted by Crippen LogP contribution is 2.20. The third kappa shape index (κ3) is 3.20. The Kier molecular flexibility index (Phi) is 4.45. The van der Waals surface area contributed by atoms with Crippen molar-refractivity contribution in [2.75, 3.05) is 7.11 Å². The van der Waals surface area contributed by atoms with Gasteiger partial charge in [0.2, 0.25) is 0 Å². The van der Waals surface area contributed by atoms with E-state index in [-0.39, 0.29) is 17.8 Å². The monoisotopic (exact) mass is 276 g/mol. The molecule has 20 heavy (non-hydrogen) atoms. The summed E-state index contributed by atoms with van der Waals surface area (Å²) in [7, 11) is 1.57. The Hall–Kier alpha value is -2.23. The number of halogens is 2. The van der Waals surface area contributed by atoms with E-state index < -0.39 is 11.6 Å². The summed E-state index contributed by atoms with van der Waals surface area (Å²) in [5.74, 6) is -1.47. The smallest absolute Gasteiger partial charge is 0.163 e. The number of benzene rings is 2. The maximum atomic E-state index is 13.1. The van der Waals surface area contributed by atoms with Gasteiger partial charge in [0.05, 0.1) is 7.11 Å². The van der Waals surface area contributed by atoms with Crippen molar-refractivity contribution in [3.05, 3.63) is 65.2 Å². The first-order chi connectivity index (χ1) is 9.61. The summed E-state index contributed by atoms with van der Waals surface area (Å²) < 4.78 is 31.1. The van der Waals surface area contributed by atoms with Gasteiger partial charge in [-0.05, 0) is 36.2 Å². The van der Waals surface area contributed by atoms with Crippen LogP contribution in [-0.4, -0.2) is 12.9 Å². The van der Waals surface area contributed by atoms with Gasteiger partial charge < -0.3 is 4.74 Å². The summed E-state index contributed by atoms with van der Waals surface area (Å²) in [5.41, 5.74) is 1.09. The Morgan fingerprint density at radius 1 is 1.10 bits per heavy atom. The molecule has 0 aromatic heterocycles. The molecule has 0 heterocycles. The van der Waals surface area contributed by atoms with Crippen LogP contribution in [0.3, 0.4) is 0 Å². The van der Waals surface area contributed by atoms with Gasteiger partial charge in [-0.25, -0.2) is 8.78 Å². The molecule has 2 aromatic carbocycles. The topological polar surface area (TPSA) is 26.3 Å². The van der Waals surface area contributed by atoms with Crippen LogP contribution in [0.25, 0.3) is 0 Å². The molecule has 0 amide bonds. The molecular formula is C16H14F2O2. The number of ether oxygens (including phenoxy) is 1. The minimum absolute atomic E-state index is 0.179. The Morgan fingerprint density at radius 3 is 2.55 bits per heavy atom. The summed E-state index contributed by atoms with van der Waals surface area (Å²) >= 11 is 0. The van der Waals surface area contributed by atoms with Crippen molar-refractivity contribution in [2.45, 2.75) is 12.8 Å². The van der Waals surface area contributed by atoms with Crippen LogP contribution in [0.4, 0.5) is 8.78 Å². The Balaban J connectivity index is 2.06. The van der Waals surface area contributed by atoms with E-state index in [4.69, 9.17) is 4.74 Å². The lowest BCUT2D eigenvalue weighted by molar-refractivity contribution is 0.0982. The Labute approximate surface area is 116 Å². The SMILES string of the molecule is COc1ccccc1CCC(=O)c1ccc(F)c(F)c1. The lowest BCUT2D eigenvalue weighted by atomic mass is 10.0. The predicted molar refractivity (Wildman–Crippen MR) is 72.0 cm³/mol. The van der Waals surface area contributed by atoms with Gasteiger partial charge in [-0.15, -0.1) is 0 Å². The molecule has 2 rings (SSSR count). The molecule has 0 unspecified atom stereocenters. The van der Waals surface area contributed by atoms with E-state index in [2.05, 4.69) is 0 Å². The molecule has 0 radical (unpaired) electrons. The van der Waals surface area contributed by atoms with Crippen molar-refractivity contribution >= 4 is 5.78 Å². The molecule has 0 saturated heterocycles. The van der Waals surface area contributed by atoms with Crippen LogP contribution in [0.2, 0.25) is 0 Å². The van der Waals surface area contributed by atoms with E-state index >= 15 is 0 Å². The maximum Gasteiger partial charge on any atom is 0.163 e. The number of ketones is 1. The van der Waals surface area contributed by atoms with E-state index in [1.54, 1.807) is 7.11 Å². The minimum Gasteiger partial charge on any atom is -0.496 e. The molecule has 2 nitrogen and oxygen atoms in total. The van der Waals surface area contributed by atoms with E-state index in [0.29, 0.717) is 12.2 Å². The first kappa shape index (κ1) is 14.2. The standard InChI is InChI=1S/C16H14F2O2/c1-20-16-5-3-2-4-11(16)7-9-15(19)12-6-8-13(17)14(18)10-12/h2-6,8,10H,7,9H2,1H3. The average Bonchev–Trinajstić information content (AvgIpc) is 2.47. The highest BCUT2D eigenvalue weighted by molar-refractivity contribution is 5.96. The molecule has 0 spiro atoms. The van der Waals surface area contributed by atoms with Crippen molar-refractivity contribution in [1.29, 1.82) is 0 Å². The number of Topliss-reactive ketones (excluding diaryl/α,β-unsaturated/α-hetero) is 1. The molecule has 0 aliphatic rings. The third-order valence-electron chi connectivity index (χ3n) is 3.06. The maximum absolute atomic E-state index is 13.1. The highest BCUT2D eigenvalue weighted by atomic mass is 19.2. The van der Waals surface area contributed by atoms with Crippen molar-refractivity contribution in [2.24, 2.45) is 0 Å². The lowest BCUT2D eigenvalue weighted by Crippen LogP contribution is -2.03. The second kappa shape index (κ2) is 6.28. The number of carbonyl (C=O) groups is 1. The van der Waals surface area contributed by atoms with Crippen LogP contribution in [-0.2, 0) is 6.42 Å². The quantitative estimate of drug-likeness (QED) is 0.777. The lowest BCUT2D eigenvalue weighted by Gasteiger charge is -2.07. The zero-order chi connectivity index (χ0) is 14.5. The van der Waals surface area contributed by atoms with Gasteiger partial charge in [-0.1, -0.05) is 18.2 Å². The molecule has 0 saturated carbocycles. The van der Waals surface area contributed by atoms with Crippen LogP contribution in [0.15, 0.2) is 42.5 Å². The molecular weight excluding hydrogens is 262 g/mol. The Bertz CT molecular complexity index is 624. The highest BCUT2D eigenvalue weighted by Gasteiger charge is 2.11. The van der Waals surface area contributed by atoms with Gasteiger partial charge in [0.25, 0.3) is 0 Å². The van der Waals surface area contributed by atoms with Crippen molar-refractivity contribution in [3.63, 3.8) is 0 Å². The first-order valence-corrected chi connectivity index (χ1v) is 6.22. The fourth-order valence-corrected chi connectivity index (χ4v) is 1.97. The molecule has 4 heteroatoms. The van der Waals surface area contributed by atoms with Gasteiger partial charge in [0.1, 0.15) is 5.75 Å². The first-order valence-electron chi connectivity index (χ1n) is 6.22. The molecule has 0 N–H and O–H groups in total. The number of aryl methyl sites for hydroxylation is 1. The van der Waals surface area contributed by atoms with Crippen LogP contribution in [0.1, 0.15) is 22.3 Å². The molecule has 0 fully saturated rings. The summed E-state index contributed by atoms with van der Waals surface area (Å²) in [6.45, 7) is 0. The van der Waals surface area contributed by atoms with E-state index in [1.807, 2.05) is 24.3 Å². The van der Waals surface area contributed by atoms with E-state index in [0.717, 1.165) is 17.7 Å². The summed E-state index contributed by atoms with van der Waals surface area (Å²) in [6, 6.07) is 10.6. The molecule has 0 aliphatic heterocycles. The van der Waals surface area contributed by atoms with Crippen LogP contribution >= 0.6 is 0 Å². The average molecular weight is 276 g/mol. The predicted octanol–water partition coefficient (Wildman–Crippen LogP) is 3.79. The number of hydrogen-bond donors (Lipinski definition) is 0. The molecule has 0 atom stereocenters. The van der Waals surface area contributed by atoms with E-state index in [9.17, 15) is 13.6 Å². The van der Waals surface area contributed by atoms with Gasteiger partial charge in [-0.3, -0.25) is 4.79 Å². The van der Waals surface area contributed by atoms with Gasteiger partial charge in [-0.2, -0.15) is 0 Å². The molecule has 0 bridgehead atoms. The fourth-order valence-electron chi connectivity index (χ4n) is 1.97. The third-order valence-corrected chi connectivity index (χ3v) is 3.06. The Morgan fingerprint density at radius 2 is 1.85 bits per heavy atom. The van der Waals surface area contributed by atoms with Crippen molar-refractivity contribution < 1.29 is 18.3 Å². The second-order valence-electron chi connectivity index (χ2n) is 4.36. The molecule has 104 valence electrons.